The van der Waals surface area contributed by atoms with Gasteiger partial charge in [0.1, 0.15) is 11.3 Å². The summed E-state index contributed by atoms with van der Waals surface area (Å²) in [4.78, 5) is 26.3. The van der Waals surface area contributed by atoms with E-state index in [1.807, 2.05) is 0 Å². The molecule has 1 fully saturated rings. The van der Waals surface area contributed by atoms with E-state index < -0.39 is 11.8 Å². The van der Waals surface area contributed by atoms with Crippen molar-refractivity contribution >= 4 is 52.5 Å². The lowest BCUT2D eigenvalue weighted by molar-refractivity contribution is -0.122. The predicted molar refractivity (Wildman–Crippen MR) is 101 cm³/mol. The third-order valence-corrected chi connectivity index (χ3v) is 4.15. The van der Waals surface area contributed by atoms with Gasteiger partial charge in [-0.15, -0.1) is 0 Å². The Morgan fingerprint density at radius 1 is 1.08 bits per heavy atom. The molecule has 0 unspecified atom stereocenters. The van der Waals surface area contributed by atoms with Gasteiger partial charge >= 0.3 is 0 Å². The Morgan fingerprint density at radius 3 is 2.32 bits per heavy atom. The molecule has 0 saturated carbocycles. The zero-order chi connectivity index (χ0) is 18.0. The summed E-state index contributed by atoms with van der Waals surface area (Å²) in [5.41, 5.74) is 1.22. The van der Waals surface area contributed by atoms with Crippen molar-refractivity contribution in [3.8, 4) is 5.75 Å². The quantitative estimate of drug-likeness (QED) is 0.510. The second-order valence-electron chi connectivity index (χ2n) is 5.21. The van der Waals surface area contributed by atoms with Gasteiger partial charge < -0.3 is 4.74 Å². The molecule has 1 heterocycles. The highest BCUT2D eigenvalue weighted by Gasteiger charge is 2.34. The normalized spacial score (nSPS) is 16.2. The van der Waals surface area contributed by atoms with Gasteiger partial charge in [-0.1, -0.05) is 23.7 Å². The molecule has 126 valence electrons. The molecule has 2 aromatic carbocycles. The van der Waals surface area contributed by atoms with E-state index in [2.05, 4.69) is 5.32 Å². The smallest absolute Gasteiger partial charge is 0.270 e. The van der Waals surface area contributed by atoms with Gasteiger partial charge in [0, 0.05) is 5.02 Å². The van der Waals surface area contributed by atoms with E-state index in [9.17, 15) is 9.59 Å². The number of hydrogen-bond acceptors (Lipinski definition) is 4. The number of ether oxygens (including phenoxy) is 1. The topological polar surface area (TPSA) is 58.6 Å². The summed E-state index contributed by atoms with van der Waals surface area (Å²) in [7, 11) is 1.57. The standard InChI is InChI=1S/C18H13ClN2O3S/c1-24-14-8-2-11(3-9-14)10-15-16(22)20-18(25)21(17(15)23)13-6-4-12(19)5-7-13/h2-10H,1H3,(H,20,22,25)/b15-10+. The number of benzene rings is 2. The number of anilines is 1. The average Bonchev–Trinajstić information content (AvgIpc) is 2.60. The van der Waals surface area contributed by atoms with Gasteiger partial charge in [0.15, 0.2) is 5.11 Å². The van der Waals surface area contributed by atoms with Crippen LogP contribution in [0.25, 0.3) is 6.08 Å². The number of hydrogen-bond donors (Lipinski definition) is 1. The molecule has 0 aliphatic carbocycles. The van der Waals surface area contributed by atoms with Gasteiger partial charge in [0.05, 0.1) is 12.8 Å². The Bertz CT molecular complexity index is 876. The van der Waals surface area contributed by atoms with Crippen molar-refractivity contribution in [1.29, 1.82) is 0 Å². The second kappa shape index (κ2) is 7.04. The SMILES string of the molecule is COc1ccc(/C=C2\C(=O)NC(=S)N(c3ccc(Cl)cc3)C2=O)cc1. The molecule has 3 rings (SSSR count). The molecule has 1 aliphatic rings. The number of nitrogens with one attached hydrogen (secondary N) is 1. The first kappa shape index (κ1) is 17.1. The molecule has 2 aromatic rings. The third kappa shape index (κ3) is 3.55. The summed E-state index contributed by atoms with van der Waals surface area (Å²) < 4.78 is 5.10. The van der Waals surface area contributed by atoms with Crippen LogP contribution in [-0.4, -0.2) is 24.0 Å². The lowest BCUT2D eigenvalue weighted by Crippen LogP contribution is -2.54. The Balaban J connectivity index is 1.97. The lowest BCUT2D eigenvalue weighted by atomic mass is 10.1. The summed E-state index contributed by atoms with van der Waals surface area (Å²) in [6.07, 6.45) is 1.52. The number of rotatable bonds is 3. The summed E-state index contributed by atoms with van der Waals surface area (Å²) in [5.74, 6) is -0.339. The molecule has 1 aliphatic heterocycles. The van der Waals surface area contributed by atoms with Crippen LogP contribution in [0.15, 0.2) is 54.1 Å². The van der Waals surface area contributed by atoms with E-state index in [0.29, 0.717) is 22.0 Å². The van der Waals surface area contributed by atoms with Gasteiger partial charge in [-0.2, -0.15) is 0 Å². The van der Waals surface area contributed by atoms with E-state index in [1.165, 1.54) is 11.0 Å². The highest BCUT2D eigenvalue weighted by atomic mass is 35.5. The Kier molecular flexibility index (Phi) is 4.83. The molecular weight excluding hydrogens is 360 g/mol. The Hall–Kier alpha value is -2.70. The summed E-state index contributed by atoms with van der Waals surface area (Å²) in [6.45, 7) is 0. The van der Waals surface area contributed by atoms with Crippen molar-refractivity contribution in [3.63, 3.8) is 0 Å². The van der Waals surface area contributed by atoms with Crippen molar-refractivity contribution in [3.05, 3.63) is 64.7 Å². The van der Waals surface area contributed by atoms with E-state index in [-0.39, 0.29) is 10.7 Å². The average molecular weight is 373 g/mol. The summed E-state index contributed by atoms with van der Waals surface area (Å²) >= 11 is 11.0. The number of carbonyl (C=O) groups is 2. The maximum atomic E-state index is 12.8. The van der Waals surface area contributed by atoms with Crippen molar-refractivity contribution in [2.24, 2.45) is 0 Å². The largest absolute Gasteiger partial charge is 0.497 e. The van der Waals surface area contributed by atoms with Crippen molar-refractivity contribution in [2.45, 2.75) is 0 Å². The van der Waals surface area contributed by atoms with Gasteiger partial charge in [-0.05, 0) is 60.3 Å². The molecule has 0 bridgehead atoms. The minimum Gasteiger partial charge on any atom is -0.497 e. The van der Waals surface area contributed by atoms with E-state index in [1.54, 1.807) is 55.6 Å². The third-order valence-electron chi connectivity index (χ3n) is 3.61. The molecule has 0 aromatic heterocycles. The van der Waals surface area contributed by atoms with Crippen LogP contribution in [-0.2, 0) is 9.59 Å². The number of halogens is 1. The molecule has 0 spiro atoms. The first-order chi connectivity index (χ1) is 12.0. The fraction of sp³-hybridized carbons (Fsp3) is 0.0556. The molecular formula is C18H13ClN2O3S. The number of thiocarbonyl (C=S) groups is 1. The van der Waals surface area contributed by atoms with E-state index >= 15 is 0 Å². The number of amides is 2. The molecule has 1 saturated heterocycles. The molecule has 25 heavy (non-hydrogen) atoms. The molecule has 7 heteroatoms. The van der Waals surface area contributed by atoms with Crippen LogP contribution < -0.4 is 15.0 Å². The van der Waals surface area contributed by atoms with Crippen molar-refractivity contribution in [2.75, 3.05) is 12.0 Å². The molecule has 0 radical (unpaired) electrons. The van der Waals surface area contributed by atoms with E-state index in [0.717, 1.165) is 0 Å². The Morgan fingerprint density at radius 2 is 1.72 bits per heavy atom. The first-order valence-corrected chi connectivity index (χ1v) is 8.09. The predicted octanol–water partition coefficient (Wildman–Crippen LogP) is 3.18. The van der Waals surface area contributed by atoms with Crippen molar-refractivity contribution < 1.29 is 14.3 Å². The van der Waals surface area contributed by atoms with Crippen LogP contribution >= 0.6 is 23.8 Å². The van der Waals surface area contributed by atoms with Gasteiger partial charge in [0.25, 0.3) is 11.8 Å². The fourth-order valence-electron chi connectivity index (χ4n) is 2.35. The molecule has 0 atom stereocenters. The fourth-order valence-corrected chi connectivity index (χ4v) is 2.76. The van der Waals surface area contributed by atoms with Crippen LogP contribution in [0.2, 0.25) is 5.02 Å². The minimum absolute atomic E-state index is 0.00582. The van der Waals surface area contributed by atoms with Gasteiger partial charge in [0.2, 0.25) is 0 Å². The van der Waals surface area contributed by atoms with Crippen LogP contribution in [0, 0.1) is 0 Å². The van der Waals surface area contributed by atoms with E-state index in [4.69, 9.17) is 28.6 Å². The minimum atomic E-state index is -0.531. The molecule has 5 nitrogen and oxygen atoms in total. The first-order valence-electron chi connectivity index (χ1n) is 7.30. The Labute approximate surface area is 154 Å². The zero-order valence-electron chi connectivity index (χ0n) is 13.2. The highest BCUT2D eigenvalue weighted by molar-refractivity contribution is 7.80. The van der Waals surface area contributed by atoms with Gasteiger partial charge in [-0.25, -0.2) is 0 Å². The van der Waals surface area contributed by atoms with Crippen LogP contribution in [0.5, 0.6) is 5.75 Å². The number of carbonyl (C=O) groups excluding carboxylic acids is 2. The van der Waals surface area contributed by atoms with Crippen LogP contribution in [0.3, 0.4) is 0 Å². The second-order valence-corrected chi connectivity index (χ2v) is 6.03. The maximum Gasteiger partial charge on any atom is 0.270 e. The summed E-state index contributed by atoms with van der Waals surface area (Å²) in [6, 6.07) is 13.6. The van der Waals surface area contributed by atoms with Crippen LogP contribution in [0.4, 0.5) is 5.69 Å². The lowest BCUT2D eigenvalue weighted by Gasteiger charge is -2.28. The highest BCUT2D eigenvalue weighted by Crippen LogP contribution is 2.24. The molecule has 1 N–H and O–H groups in total. The zero-order valence-corrected chi connectivity index (χ0v) is 14.7. The van der Waals surface area contributed by atoms with Crippen LogP contribution in [0.1, 0.15) is 5.56 Å². The summed E-state index contributed by atoms with van der Waals surface area (Å²) in [5, 5.41) is 3.11. The van der Waals surface area contributed by atoms with Crippen molar-refractivity contribution in [1.82, 2.24) is 5.32 Å². The van der Waals surface area contributed by atoms with Gasteiger partial charge in [-0.3, -0.25) is 19.8 Å². The maximum absolute atomic E-state index is 12.8. The number of methoxy groups -OCH3 is 1. The number of nitrogens with zero attached hydrogens (tertiary/aromatic N) is 1. The molecule has 2 amide bonds. The monoisotopic (exact) mass is 372 g/mol.